The average molecular weight is 198 g/mol. The average Bonchev–Trinajstić information content (AvgIpc) is 2.49. The molecule has 1 aliphatic rings. The number of pyridine rings is 1. The molecule has 0 spiro atoms. The Labute approximate surface area is 80.8 Å². The highest BCUT2D eigenvalue weighted by Crippen LogP contribution is 2.38. The second-order valence-electron chi connectivity index (χ2n) is 2.90. The lowest BCUT2D eigenvalue weighted by molar-refractivity contribution is -0.0118. The highest BCUT2D eigenvalue weighted by molar-refractivity contribution is 7.99. The van der Waals surface area contributed by atoms with Crippen LogP contribution in [0.15, 0.2) is 24.4 Å². The van der Waals surface area contributed by atoms with Gasteiger partial charge in [0, 0.05) is 12.3 Å². The van der Waals surface area contributed by atoms with Crippen LogP contribution >= 0.6 is 11.9 Å². The molecule has 70 valence electrons. The summed E-state index contributed by atoms with van der Waals surface area (Å²) >= 11 is 1.22. The Morgan fingerprint density at radius 3 is 3.08 bits per heavy atom. The van der Waals surface area contributed by atoms with E-state index in [2.05, 4.69) is 4.98 Å². The monoisotopic (exact) mass is 198 g/mol. The fourth-order valence-corrected chi connectivity index (χ4v) is 2.07. The molecular weight excluding hydrogens is 188 g/mol. The third-order valence-corrected chi connectivity index (χ3v) is 2.79. The predicted molar refractivity (Wildman–Crippen MR) is 52.4 cm³/mol. The number of nitrogens with zero attached hydrogens (tertiary/aromatic N) is 2. The molecule has 0 N–H and O–H groups in total. The van der Waals surface area contributed by atoms with Crippen LogP contribution in [0.1, 0.15) is 6.92 Å². The highest BCUT2D eigenvalue weighted by atomic mass is 32.2. The molecule has 0 aromatic carbocycles. The minimum Gasteiger partial charge on any atom is -0.580 e. The van der Waals surface area contributed by atoms with Crippen LogP contribution in [-0.4, -0.2) is 16.8 Å². The van der Waals surface area contributed by atoms with E-state index >= 15 is 0 Å². The first kappa shape index (κ1) is 8.96. The SMILES string of the molecule is C[C@@H]1CO[N+]([O-])(c2ccccn2)S1. The van der Waals surface area contributed by atoms with E-state index in [1.165, 1.54) is 11.9 Å². The van der Waals surface area contributed by atoms with Gasteiger partial charge in [0.05, 0.1) is 5.25 Å². The Kier molecular flexibility index (Phi) is 2.25. The van der Waals surface area contributed by atoms with Gasteiger partial charge < -0.3 is 5.21 Å². The Morgan fingerprint density at radius 2 is 2.54 bits per heavy atom. The second-order valence-corrected chi connectivity index (χ2v) is 4.39. The first-order valence-corrected chi connectivity index (χ1v) is 4.89. The van der Waals surface area contributed by atoms with Crippen LogP contribution in [0.4, 0.5) is 5.82 Å². The van der Waals surface area contributed by atoms with Crippen molar-refractivity contribution in [2.45, 2.75) is 12.2 Å². The zero-order chi connectivity index (χ0) is 9.31. The molecule has 1 fully saturated rings. The topological polar surface area (TPSA) is 45.2 Å². The van der Waals surface area contributed by atoms with E-state index in [1.807, 2.05) is 6.92 Å². The van der Waals surface area contributed by atoms with E-state index in [9.17, 15) is 5.21 Å². The van der Waals surface area contributed by atoms with Crippen LogP contribution in [0, 0.1) is 5.21 Å². The predicted octanol–water partition coefficient (Wildman–Crippen LogP) is 1.87. The molecule has 1 aliphatic heterocycles. The summed E-state index contributed by atoms with van der Waals surface area (Å²) in [6.45, 7) is 2.44. The van der Waals surface area contributed by atoms with E-state index in [0.29, 0.717) is 12.4 Å². The van der Waals surface area contributed by atoms with E-state index < -0.39 is 4.21 Å². The lowest BCUT2D eigenvalue weighted by Crippen LogP contribution is -2.31. The van der Waals surface area contributed by atoms with Gasteiger partial charge in [-0.1, -0.05) is 6.07 Å². The number of quaternary nitrogens is 1. The number of aromatic nitrogens is 1. The molecule has 4 nitrogen and oxygen atoms in total. The first-order chi connectivity index (χ1) is 6.21. The summed E-state index contributed by atoms with van der Waals surface area (Å²) in [6.07, 6.45) is 1.60. The quantitative estimate of drug-likeness (QED) is 0.392. The summed E-state index contributed by atoms with van der Waals surface area (Å²) < 4.78 is -0.817. The summed E-state index contributed by atoms with van der Waals surface area (Å²) in [6, 6.07) is 5.24. The van der Waals surface area contributed by atoms with E-state index in [0.717, 1.165) is 0 Å². The maximum atomic E-state index is 11.9. The second kappa shape index (κ2) is 3.26. The summed E-state index contributed by atoms with van der Waals surface area (Å²) in [5.74, 6) is 0.400. The largest absolute Gasteiger partial charge is 0.580 e. The summed E-state index contributed by atoms with van der Waals surface area (Å²) in [5.41, 5.74) is 0. The fourth-order valence-electron chi connectivity index (χ4n) is 1.14. The Balaban J connectivity index is 2.26. The molecule has 2 rings (SSSR count). The number of hydrogen-bond acceptors (Lipinski definition) is 4. The van der Waals surface area contributed by atoms with Crippen molar-refractivity contribution in [2.75, 3.05) is 6.61 Å². The maximum Gasteiger partial charge on any atom is 0.273 e. The molecular formula is C8H10N2O2S. The molecule has 1 unspecified atom stereocenters. The summed E-state index contributed by atoms with van der Waals surface area (Å²) in [7, 11) is 0. The minimum absolute atomic E-state index is 0.222. The van der Waals surface area contributed by atoms with Gasteiger partial charge in [0.15, 0.2) is 0 Å². The van der Waals surface area contributed by atoms with Crippen molar-refractivity contribution in [1.29, 1.82) is 0 Å². The Morgan fingerprint density at radius 1 is 1.69 bits per heavy atom. The van der Waals surface area contributed by atoms with Crippen molar-refractivity contribution in [1.82, 2.24) is 9.20 Å². The lowest BCUT2D eigenvalue weighted by atomic mass is 10.5. The first-order valence-electron chi connectivity index (χ1n) is 4.05. The van der Waals surface area contributed by atoms with Gasteiger partial charge in [0.25, 0.3) is 5.82 Å². The zero-order valence-electron chi connectivity index (χ0n) is 7.21. The van der Waals surface area contributed by atoms with Crippen molar-refractivity contribution in [3.63, 3.8) is 0 Å². The van der Waals surface area contributed by atoms with Crippen molar-refractivity contribution in [3.05, 3.63) is 29.6 Å². The molecule has 0 amide bonds. The Hall–Kier alpha value is -0.620. The molecule has 2 atom stereocenters. The van der Waals surface area contributed by atoms with Gasteiger partial charge in [-0.3, -0.25) is 0 Å². The zero-order valence-corrected chi connectivity index (χ0v) is 8.03. The number of hydrogen-bond donors (Lipinski definition) is 0. The summed E-state index contributed by atoms with van der Waals surface area (Å²) in [5, 5.41) is 12.2. The van der Waals surface area contributed by atoms with Gasteiger partial charge in [0.1, 0.15) is 18.6 Å². The molecule has 5 heteroatoms. The Bertz CT molecular complexity index is 295. The maximum absolute atomic E-state index is 11.9. The highest BCUT2D eigenvalue weighted by Gasteiger charge is 2.37. The van der Waals surface area contributed by atoms with Crippen LogP contribution in [0.25, 0.3) is 0 Å². The molecule has 2 heterocycles. The van der Waals surface area contributed by atoms with Crippen LogP contribution in [0.5, 0.6) is 0 Å². The van der Waals surface area contributed by atoms with Gasteiger partial charge in [-0.05, 0) is 13.0 Å². The molecule has 0 radical (unpaired) electrons. The van der Waals surface area contributed by atoms with Gasteiger partial charge in [-0.2, -0.15) is 4.84 Å². The lowest BCUT2D eigenvalue weighted by Gasteiger charge is -2.28. The molecule has 1 aromatic rings. The third kappa shape index (κ3) is 1.68. The molecule has 1 aromatic heterocycles. The van der Waals surface area contributed by atoms with Crippen LogP contribution in [0.2, 0.25) is 0 Å². The normalized spacial score (nSPS) is 33.5. The molecule has 0 bridgehead atoms. The molecule has 0 saturated carbocycles. The van der Waals surface area contributed by atoms with Crippen LogP contribution < -0.4 is 4.21 Å². The van der Waals surface area contributed by atoms with E-state index in [1.54, 1.807) is 24.4 Å². The fraction of sp³-hybridized carbons (Fsp3) is 0.375. The van der Waals surface area contributed by atoms with Gasteiger partial charge >= 0.3 is 0 Å². The van der Waals surface area contributed by atoms with Gasteiger partial charge in [-0.15, -0.1) is 4.21 Å². The third-order valence-electron chi connectivity index (χ3n) is 1.73. The molecule has 1 saturated heterocycles. The van der Waals surface area contributed by atoms with E-state index in [-0.39, 0.29) is 5.25 Å². The minimum atomic E-state index is -0.817. The van der Waals surface area contributed by atoms with Crippen LogP contribution in [-0.2, 0) is 4.84 Å². The van der Waals surface area contributed by atoms with Crippen molar-refractivity contribution in [3.8, 4) is 0 Å². The smallest absolute Gasteiger partial charge is 0.273 e. The van der Waals surface area contributed by atoms with Gasteiger partial charge in [0.2, 0.25) is 0 Å². The van der Waals surface area contributed by atoms with Crippen molar-refractivity contribution >= 4 is 17.8 Å². The van der Waals surface area contributed by atoms with Crippen molar-refractivity contribution in [2.24, 2.45) is 0 Å². The molecule has 0 aliphatic carbocycles. The van der Waals surface area contributed by atoms with Gasteiger partial charge in [-0.25, -0.2) is 4.98 Å². The molecule has 13 heavy (non-hydrogen) atoms. The number of rotatable bonds is 1. The van der Waals surface area contributed by atoms with Crippen LogP contribution in [0.3, 0.4) is 0 Å². The van der Waals surface area contributed by atoms with Crippen molar-refractivity contribution < 1.29 is 4.84 Å². The standard InChI is InChI=1S/C8H10N2O2S/c1-7-6-12-10(11,13-7)8-4-2-3-5-9-8/h2-5,7H,6H2,1H3/t7-,10?/m1/s1. The van der Waals surface area contributed by atoms with E-state index in [4.69, 9.17) is 4.84 Å². The summed E-state index contributed by atoms with van der Waals surface area (Å²) in [4.78, 5) is 9.10.